The SMILES string of the molecule is CC1=CCCC(C)CC2OC(=O)CC2CC1=O. The van der Waals surface area contributed by atoms with Crippen molar-refractivity contribution in [3.05, 3.63) is 11.6 Å². The van der Waals surface area contributed by atoms with Crippen molar-refractivity contribution < 1.29 is 14.3 Å². The number of carbonyl (C=O) groups is 2. The highest BCUT2D eigenvalue weighted by molar-refractivity contribution is 5.95. The number of ketones is 1. The lowest BCUT2D eigenvalue weighted by molar-refractivity contribution is -0.142. The number of carbonyl (C=O) groups excluding carboxylic acids is 2. The van der Waals surface area contributed by atoms with Crippen LogP contribution in [0.15, 0.2) is 11.6 Å². The molecule has 0 spiro atoms. The van der Waals surface area contributed by atoms with Crippen LogP contribution in [0.1, 0.15) is 46.0 Å². The first-order valence-electron chi connectivity index (χ1n) is 6.45. The normalized spacial score (nSPS) is 34.9. The highest BCUT2D eigenvalue weighted by atomic mass is 16.5. The Morgan fingerprint density at radius 3 is 2.82 bits per heavy atom. The van der Waals surface area contributed by atoms with E-state index < -0.39 is 0 Å². The summed E-state index contributed by atoms with van der Waals surface area (Å²) in [5.74, 6) is 0.679. The van der Waals surface area contributed by atoms with Crippen molar-refractivity contribution in [1.82, 2.24) is 0 Å². The molecular formula is C14H20O3. The van der Waals surface area contributed by atoms with E-state index in [-0.39, 0.29) is 23.8 Å². The molecule has 2 aliphatic rings. The molecule has 3 nitrogen and oxygen atoms in total. The van der Waals surface area contributed by atoms with Gasteiger partial charge < -0.3 is 4.74 Å². The number of esters is 1. The molecule has 0 bridgehead atoms. The van der Waals surface area contributed by atoms with Crippen LogP contribution < -0.4 is 0 Å². The van der Waals surface area contributed by atoms with Gasteiger partial charge in [-0.05, 0) is 37.7 Å². The Morgan fingerprint density at radius 1 is 1.29 bits per heavy atom. The van der Waals surface area contributed by atoms with Gasteiger partial charge in [-0.3, -0.25) is 9.59 Å². The fraction of sp³-hybridized carbons (Fsp3) is 0.714. The van der Waals surface area contributed by atoms with Crippen LogP contribution in [0.3, 0.4) is 0 Å². The van der Waals surface area contributed by atoms with E-state index in [0.717, 1.165) is 24.8 Å². The third-order valence-corrected chi connectivity index (χ3v) is 3.87. The predicted octanol–water partition coefficient (Wildman–Crippen LogP) is 2.64. The molecule has 0 aromatic carbocycles. The Kier molecular flexibility index (Phi) is 3.65. The van der Waals surface area contributed by atoms with E-state index in [0.29, 0.717) is 18.8 Å². The van der Waals surface area contributed by atoms with Gasteiger partial charge >= 0.3 is 5.97 Å². The van der Waals surface area contributed by atoms with Crippen LogP contribution in [0.2, 0.25) is 0 Å². The average Bonchev–Trinajstić information content (AvgIpc) is 2.57. The summed E-state index contributed by atoms with van der Waals surface area (Å²) in [6.45, 7) is 4.07. The van der Waals surface area contributed by atoms with Crippen LogP contribution in [-0.4, -0.2) is 17.9 Å². The Morgan fingerprint density at radius 2 is 2.06 bits per heavy atom. The van der Waals surface area contributed by atoms with E-state index in [2.05, 4.69) is 6.92 Å². The van der Waals surface area contributed by atoms with E-state index in [4.69, 9.17) is 4.74 Å². The average molecular weight is 236 g/mol. The van der Waals surface area contributed by atoms with Crippen LogP contribution in [0.4, 0.5) is 0 Å². The van der Waals surface area contributed by atoms with Crippen molar-refractivity contribution >= 4 is 11.8 Å². The number of allylic oxidation sites excluding steroid dienone is 2. The molecule has 0 radical (unpaired) electrons. The molecule has 1 aliphatic carbocycles. The lowest BCUT2D eigenvalue weighted by Crippen LogP contribution is -2.23. The highest BCUT2D eigenvalue weighted by Crippen LogP contribution is 2.32. The Bertz CT molecular complexity index is 356. The molecule has 3 unspecified atom stereocenters. The summed E-state index contributed by atoms with van der Waals surface area (Å²) in [6.07, 6.45) is 5.79. The first-order valence-corrected chi connectivity index (χ1v) is 6.45. The second kappa shape index (κ2) is 5.03. The molecule has 3 atom stereocenters. The van der Waals surface area contributed by atoms with Crippen LogP contribution >= 0.6 is 0 Å². The van der Waals surface area contributed by atoms with Crippen molar-refractivity contribution in [2.75, 3.05) is 0 Å². The molecule has 17 heavy (non-hydrogen) atoms. The minimum atomic E-state index is -0.138. The fourth-order valence-corrected chi connectivity index (χ4v) is 2.71. The Hall–Kier alpha value is -1.12. The third-order valence-electron chi connectivity index (χ3n) is 3.87. The zero-order chi connectivity index (χ0) is 12.4. The zero-order valence-corrected chi connectivity index (χ0v) is 10.6. The molecule has 3 heteroatoms. The molecule has 0 aromatic rings. The number of rotatable bonds is 0. The van der Waals surface area contributed by atoms with Gasteiger partial charge in [0, 0.05) is 12.3 Å². The van der Waals surface area contributed by atoms with E-state index in [9.17, 15) is 9.59 Å². The predicted molar refractivity (Wildman–Crippen MR) is 64.4 cm³/mol. The molecule has 0 N–H and O–H groups in total. The Labute approximate surface area is 102 Å². The summed E-state index contributed by atoms with van der Waals surface area (Å²) in [4.78, 5) is 23.3. The maximum absolute atomic E-state index is 11.9. The van der Waals surface area contributed by atoms with Gasteiger partial charge in [-0.15, -0.1) is 0 Å². The first kappa shape index (κ1) is 12.3. The first-order chi connectivity index (χ1) is 8.06. The quantitative estimate of drug-likeness (QED) is 0.607. The third kappa shape index (κ3) is 2.96. The lowest BCUT2D eigenvalue weighted by atomic mass is 9.85. The molecule has 1 aliphatic heterocycles. The van der Waals surface area contributed by atoms with Gasteiger partial charge in [-0.2, -0.15) is 0 Å². The maximum Gasteiger partial charge on any atom is 0.306 e. The molecule has 94 valence electrons. The van der Waals surface area contributed by atoms with Gasteiger partial charge in [-0.1, -0.05) is 13.0 Å². The van der Waals surface area contributed by atoms with Crippen molar-refractivity contribution in [3.8, 4) is 0 Å². The van der Waals surface area contributed by atoms with Crippen LogP contribution in [0, 0.1) is 11.8 Å². The largest absolute Gasteiger partial charge is 0.462 e. The topological polar surface area (TPSA) is 43.4 Å². The molecule has 2 rings (SSSR count). The number of hydrogen-bond acceptors (Lipinski definition) is 3. The molecule has 0 saturated carbocycles. The van der Waals surface area contributed by atoms with E-state index in [1.165, 1.54) is 0 Å². The monoisotopic (exact) mass is 236 g/mol. The Balaban J connectivity index is 2.15. The highest BCUT2D eigenvalue weighted by Gasteiger charge is 2.37. The van der Waals surface area contributed by atoms with Gasteiger partial charge in [0.15, 0.2) is 5.78 Å². The van der Waals surface area contributed by atoms with E-state index in [1.807, 2.05) is 13.0 Å². The molecule has 1 saturated heterocycles. The van der Waals surface area contributed by atoms with Gasteiger partial charge in [0.2, 0.25) is 0 Å². The lowest BCUT2D eigenvalue weighted by Gasteiger charge is -2.22. The van der Waals surface area contributed by atoms with Crippen LogP contribution in [-0.2, 0) is 14.3 Å². The summed E-state index contributed by atoms with van der Waals surface area (Å²) >= 11 is 0. The van der Waals surface area contributed by atoms with Crippen molar-refractivity contribution in [2.45, 2.75) is 52.1 Å². The van der Waals surface area contributed by atoms with Crippen LogP contribution in [0.25, 0.3) is 0 Å². The van der Waals surface area contributed by atoms with Crippen molar-refractivity contribution in [3.63, 3.8) is 0 Å². The van der Waals surface area contributed by atoms with Gasteiger partial charge in [-0.25, -0.2) is 0 Å². The second-order valence-corrected chi connectivity index (χ2v) is 5.43. The van der Waals surface area contributed by atoms with Crippen LogP contribution in [0.5, 0.6) is 0 Å². The summed E-state index contributed by atoms with van der Waals surface area (Å²) in [6, 6.07) is 0. The number of fused-ring (bicyclic) bond motifs is 1. The van der Waals surface area contributed by atoms with Crippen molar-refractivity contribution in [1.29, 1.82) is 0 Å². The van der Waals surface area contributed by atoms with Crippen molar-refractivity contribution in [2.24, 2.45) is 11.8 Å². The minimum absolute atomic E-state index is 0.0349. The smallest absolute Gasteiger partial charge is 0.306 e. The zero-order valence-electron chi connectivity index (χ0n) is 10.6. The van der Waals surface area contributed by atoms with Gasteiger partial charge in [0.25, 0.3) is 0 Å². The molecule has 0 aromatic heterocycles. The van der Waals surface area contributed by atoms with E-state index in [1.54, 1.807) is 0 Å². The minimum Gasteiger partial charge on any atom is -0.462 e. The molecule has 1 heterocycles. The van der Waals surface area contributed by atoms with Gasteiger partial charge in [0.05, 0.1) is 6.42 Å². The number of Topliss-reactive ketones (excluding diaryl/α,β-unsaturated/α-hetero) is 1. The fourth-order valence-electron chi connectivity index (χ4n) is 2.71. The summed E-state index contributed by atoms with van der Waals surface area (Å²) in [7, 11) is 0. The standard InChI is InChI=1S/C14H20O3/c1-9-4-3-5-10(2)12(15)7-11-8-14(16)17-13(11)6-9/h5,9,11,13H,3-4,6-8H2,1-2H3. The number of hydrogen-bond donors (Lipinski definition) is 0. The summed E-state index contributed by atoms with van der Waals surface area (Å²) in [5.41, 5.74) is 0.845. The summed E-state index contributed by atoms with van der Waals surface area (Å²) < 4.78 is 5.34. The number of ether oxygens (including phenoxy) is 1. The molecule has 1 fully saturated rings. The van der Waals surface area contributed by atoms with E-state index >= 15 is 0 Å². The summed E-state index contributed by atoms with van der Waals surface area (Å²) in [5, 5.41) is 0. The maximum atomic E-state index is 11.9. The molecular weight excluding hydrogens is 216 g/mol. The second-order valence-electron chi connectivity index (χ2n) is 5.43. The van der Waals surface area contributed by atoms with Gasteiger partial charge in [0.1, 0.15) is 6.10 Å². The molecule has 0 amide bonds.